The molecule has 0 bridgehead atoms. The summed E-state index contributed by atoms with van der Waals surface area (Å²) < 4.78 is 0. The Labute approximate surface area is 91.5 Å². The van der Waals surface area contributed by atoms with Crippen molar-refractivity contribution in [1.82, 2.24) is 9.88 Å². The van der Waals surface area contributed by atoms with Crippen LogP contribution in [0.5, 0.6) is 0 Å². The minimum Gasteiger partial charge on any atom is -0.308 e. The standard InChI is InChI=1S/C11H20N4/c1-3-4-8-15(2)9-10-6-5-7-13-11(10)14-12/h5-7H,3-4,8-9,12H2,1-2H3,(H,13,14). The highest BCUT2D eigenvalue weighted by Crippen LogP contribution is 2.12. The van der Waals surface area contributed by atoms with Gasteiger partial charge >= 0.3 is 0 Å². The monoisotopic (exact) mass is 208 g/mol. The Morgan fingerprint density at radius 3 is 3.00 bits per heavy atom. The molecule has 0 aromatic carbocycles. The second-order valence-corrected chi connectivity index (χ2v) is 3.75. The van der Waals surface area contributed by atoms with Gasteiger partial charge in [0.2, 0.25) is 0 Å². The van der Waals surface area contributed by atoms with Gasteiger partial charge in [0.15, 0.2) is 0 Å². The first-order valence-electron chi connectivity index (χ1n) is 5.37. The molecule has 1 aromatic heterocycles. The highest BCUT2D eigenvalue weighted by atomic mass is 15.3. The molecular formula is C11H20N4. The van der Waals surface area contributed by atoms with Gasteiger partial charge in [0.25, 0.3) is 0 Å². The summed E-state index contributed by atoms with van der Waals surface area (Å²) in [5, 5.41) is 0. The predicted octanol–water partition coefficient (Wildman–Crippen LogP) is 1.60. The molecule has 1 heterocycles. The van der Waals surface area contributed by atoms with Crippen molar-refractivity contribution in [3.8, 4) is 0 Å². The van der Waals surface area contributed by atoms with Crippen LogP contribution < -0.4 is 11.3 Å². The van der Waals surface area contributed by atoms with E-state index < -0.39 is 0 Å². The fraction of sp³-hybridized carbons (Fsp3) is 0.545. The van der Waals surface area contributed by atoms with Crippen molar-refractivity contribution in [2.45, 2.75) is 26.3 Å². The maximum atomic E-state index is 5.40. The molecule has 4 heteroatoms. The normalized spacial score (nSPS) is 10.7. The van der Waals surface area contributed by atoms with Crippen LogP contribution in [0.25, 0.3) is 0 Å². The fourth-order valence-electron chi connectivity index (χ4n) is 1.49. The van der Waals surface area contributed by atoms with E-state index in [1.54, 1.807) is 6.20 Å². The third-order valence-electron chi connectivity index (χ3n) is 2.36. The number of anilines is 1. The lowest BCUT2D eigenvalue weighted by molar-refractivity contribution is 0.321. The van der Waals surface area contributed by atoms with Crippen LogP contribution in [-0.4, -0.2) is 23.5 Å². The first-order chi connectivity index (χ1) is 7.27. The summed E-state index contributed by atoms with van der Waals surface area (Å²) in [4.78, 5) is 6.45. The number of hydrogen-bond acceptors (Lipinski definition) is 4. The van der Waals surface area contributed by atoms with Gasteiger partial charge in [0.05, 0.1) is 0 Å². The van der Waals surface area contributed by atoms with E-state index in [0.717, 1.165) is 24.5 Å². The number of hydrazine groups is 1. The van der Waals surface area contributed by atoms with Crippen LogP contribution in [0.2, 0.25) is 0 Å². The third kappa shape index (κ3) is 3.85. The Kier molecular flexibility index (Phi) is 5.07. The molecule has 0 saturated carbocycles. The van der Waals surface area contributed by atoms with Gasteiger partial charge in [-0.3, -0.25) is 0 Å². The van der Waals surface area contributed by atoms with Gasteiger partial charge in [0, 0.05) is 18.3 Å². The molecule has 0 unspecified atom stereocenters. The zero-order chi connectivity index (χ0) is 11.1. The van der Waals surface area contributed by atoms with Crippen molar-refractivity contribution in [2.75, 3.05) is 19.0 Å². The van der Waals surface area contributed by atoms with Crippen molar-refractivity contribution >= 4 is 5.82 Å². The van der Waals surface area contributed by atoms with E-state index in [2.05, 4.69) is 29.3 Å². The van der Waals surface area contributed by atoms with E-state index in [4.69, 9.17) is 5.84 Å². The smallest absolute Gasteiger partial charge is 0.144 e. The van der Waals surface area contributed by atoms with Crippen LogP contribution in [0.4, 0.5) is 5.82 Å². The zero-order valence-electron chi connectivity index (χ0n) is 9.53. The lowest BCUT2D eigenvalue weighted by Gasteiger charge is -2.17. The van der Waals surface area contributed by atoms with E-state index in [0.29, 0.717) is 0 Å². The summed E-state index contributed by atoms with van der Waals surface area (Å²) in [6.45, 7) is 4.19. The molecular weight excluding hydrogens is 188 g/mol. The first-order valence-corrected chi connectivity index (χ1v) is 5.37. The van der Waals surface area contributed by atoms with Crippen molar-refractivity contribution in [3.63, 3.8) is 0 Å². The Hall–Kier alpha value is -1.13. The second-order valence-electron chi connectivity index (χ2n) is 3.75. The number of aromatic nitrogens is 1. The number of rotatable bonds is 6. The van der Waals surface area contributed by atoms with Crippen LogP contribution in [0.3, 0.4) is 0 Å². The topological polar surface area (TPSA) is 54.2 Å². The van der Waals surface area contributed by atoms with E-state index in [1.807, 2.05) is 12.1 Å². The van der Waals surface area contributed by atoms with E-state index in [9.17, 15) is 0 Å². The first kappa shape index (κ1) is 11.9. The molecule has 84 valence electrons. The molecule has 0 aliphatic heterocycles. The number of nitrogens with zero attached hydrogens (tertiary/aromatic N) is 2. The highest BCUT2D eigenvalue weighted by molar-refractivity contribution is 5.42. The van der Waals surface area contributed by atoms with Gasteiger partial charge in [-0.15, -0.1) is 0 Å². The fourth-order valence-corrected chi connectivity index (χ4v) is 1.49. The number of hydrogen-bond donors (Lipinski definition) is 2. The zero-order valence-corrected chi connectivity index (χ0v) is 9.53. The molecule has 0 aliphatic carbocycles. The number of nitrogens with one attached hydrogen (secondary N) is 1. The Morgan fingerprint density at radius 1 is 1.53 bits per heavy atom. The second kappa shape index (κ2) is 6.37. The summed E-state index contributed by atoms with van der Waals surface area (Å²) in [6.07, 6.45) is 4.19. The Morgan fingerprint density at radius 2 is 2.33 bits per heavy atom. The van der Waals surface area contributed by atoms with Gasteiger partial charge in [-0.2, -0.15) is 0 Å². The van der Waals surface area contributed by atoms with E-state index in [-0.39, 0.29) is 0 Å². The molecule has 15 heavy (non-hydrogen) atoms. The molecule has 0 fully saturated rings. The van der Waals surface area contributed by atoms with Gasteiger partial charge in [-0.1, -0.05) is 19.4 Å². The summed E-state index contributed by atoms with van der Waals surface area (Å²) in [6, 6.07) is 3.98. The average molecular weight is 208 g/mol. The summed E-state index contributed by atoms with van der Waals surface area (Å²) in [5.74, 6) is 6.16. The molecule has 0 atom stereocenters. The largest absolute Gasteiger partial charge is 0.308 e. The van der Waals surface area contributed by atoms with Crippen LogP contribution in [0.15, 0.2) is 18.3 Å². The van der Waals surface area contributed by atoms with Crippen LogP contribution in [0.1, 0.15) is 25.3 Å². The number of nitrogen functional groups attached to an aromatic ring is 1. The average Bonchev–Trinajstić information content (AvgIpc) is 2.27. The lowest BCUT2D eigenvalue weighted by Crippen LogP contribution is -2.21. The summed E-state index contributed by atoms with van der Waals surface area (Å²) in [5.41, 5.74) is 3.76. The maximum absolute atomic E-state index is 5.40. The molecule has 3 N–H and O–H groups in total. The molecule has 0 saturated heterocycles. The molecule has 1 aromatic rings. The molecule has 0 amide bonds. The number of unbranched alkanes of at least 4 members (excludes halogenated alkanes) is 1. The molecule has 1 rings (SSSR count). The number of nitrogens with two attached hydrogens (primary N) is 1. The van der Waals surface area contributed by atoms with Crippen molar-refractivity contribution in [1.29, 1.82) is 0 Å². The Bertz CT molecular complexity index is 288. The van der Waals surface area contributed by atoms with Crippen molar-refractivity contribution in [2.24, 2.45) is 5.84 Å². The van der Waals surface area contributed by atoms with Gasteiger partial charge < -0.3 is 10.3 Å². The quantitative estimate of drug-likeness (QED) is 0.551. The van der Waals surface area contributed by atoms with Gasteiger partial charge in [-0.05, 0) is 26.1 Å². The summed E-state index contributed by atoms with van der Waals surface area (Å²) >= 11 is 0. The van der Waals surface area contributed by atoms with Crippen LogP contribution in [0, 0.1) is 0 Å². The number of pyridine rings is 1. The molecule has 0 aliphatic rings. The van der Waals surface area contributed by atoms with E-state index >= 15 is 0 Å². The molecule has 4 nitrogen and oxygen atoms in total. The van der Waals surface area contributed by atoms with Crippen LogP contribution >= 0.6 is 0 Å². The molecule has 0 spiro atoms. The highest BCUT2D eigenvalue weighted by Gasteiger charge is 2.04. The van der Waals surface area contributed by atoms with Crippen molar-refractivity contribution < 1.29 is 0 Å². The van der Waals surface area contributed by atoms with E-state index in [1.165, 1.54) is 12.8 Å². The third-order valence-corrected chi connectivity index (χ3v) is 2.36. The lowest BCUT2D eigenvalue weighted by atomic mass is 10.2. The Balaban J connectivity index is 2.55. The van der Waals surface area contributed by atoms with Gasteiger partial charge in [-0.25, -0.2) is 10.8 Å². The van der Waals surface area contributed by atoms with Crippen molar-refractivity contribution in [3.05, 3.63) is 23.9 Å². The molecule has 0 radical (unpaired) electrons. The minimum absolute atomic E-state index is 0.765. The minimum atomic E-state index is 0.765. The van der Waals surface area contributed by atoms with Gasteiger partial charge in [0.1, 0.15) is 5.82 Å². The summed E-state index contributed by atoms with van der Waals surface area (Å²) in [7, 11) is 2.11. The maximum Gasteiger partial charge on any atom is 0.144 e. The predicted molar refractivity (Wildman–Crippen MR) is 63.3 cm³/mol. The SMILES string of the molecule is CCCCN(C)Cc1cccnc1NN. The van der Waals surface area contributed by atoms with Crippen LogP contribution in [-0.2, 0) is 6.54 Å².